The van der Waals surface area contributed by atoms with E-state index in [1.807, 2.05) is 30.3 Å². The van der Waals surface area contributed by atoms with Crippen molar-refractivity contribution in [2.24, 2.45) is 0 Å². The molecule has 1 saturated heterocycles. The molecule has 7 heteroatoms. The quantitative estimate of drug-likeness (QED) is 0.467. The number of ether oxygens (including phenoxy) is 1. The molecule has 0 amide bonds. The van der Waals surface area contributed by atoms with Crippen molar-refractivity contribution >= 4 is 11.6 Å². The summed E-state index contributed by atoms with van der Waals surface area (Å²) < 4.78 is 5.67. The molecule has 0 unspecified atom stereocenters. The molecule has 0 spiro atoms. The smallest absolute Gasteiger partial charge is 0.113 e. The van der Waals surface area contributed by atoms with Gasteiger partial charge in [-0.25, -0.2) is 0 Å². The highest BCUT2D eigenvalue weighted by Gasteiger charge is 2.44. The molecular formula is C25H31ClO6. The van der Waals surface area contributed by atoms with E-state index in [1.54, 1.807) is 12.1 Å². The molecule has 174 valence electrons. The highest BCUT2D eigenvalue weighted by molar-refractivity contribution is 6.31. The van der Waals surface area contributed by atoms with Crippen molar-refractivity contribution in [2.45, 2.75) is 74.6 Å². The minimum absolute atomic E-state index is 0.472. The Morgan fingerprint density at radius 1 is 0.906 bits per heavy atom. The van der Waals surface area contributed by atoms with E-state index in [4.69, 9.17) is 16.3 Å². The zero-order valence-electron chi connectivity index (χ0n) is 17.9. The molecule has 0 aromatic heterocycles. The molecule has 2 aromatic carbocycles. The number of halogens is 1. The highest BCUT2D eigenvalue weighted by Crippen LogP contribution is 2.37. The van der Waals surface area contributed by atoms with Crippen LogP contribution in [0.15, 0.2) is 42.5 Å². The monoisotopic (exact) mass is 462 g/mol. The van der Waals surface area contributed by atoms with Gasteiger partial charge in [0.15, 0.2) is 0 Å². The van der Waals surface area contributed by atoms with Crippen LogP contribution in [0.25, 0.3) is 0 Å². The summed E-state index contributed by atoms with van der Waals surface area (Å²) in [5, 5.41) is 51.5. The summed E-state index contributed by atoms with van der Waals surface area (Å²) in [6.45, 7) is -0.472. The average molecular weight is 463 g/mol. The first-order valence-electron chi connectivity index (χ1n) is 11.2. The van der Waals surface area contributed by atoms with Gasteiger partial charge in [0, 0.05) is 5.02 Å². The molecule has 4 rings (SSSR count). The standard InChI is InChI=1S/C25H31ClO6/c26-19-9-6-16(24-23(30)22(29)21(28)20(14-27)32-24)13-17(19)12-15-4-7-18(8-5-15)25(31)10-2-1-3-11-25/h4-9,13,20-24,27-31H,1-3,10-12,14H2/t20-,21-,22+,23-,24+/m1/s1. The number of aliphatic hydroxyl groups excluding tert-OH is 4. The third-order valence-electron chi connectivity index (χ3n) is 6.86. The van der Waals surface area contributed by atoms with E-state index in [1.165, 1.54) is 6.42 Å². The van der Waals surface area contributed by atoms with Crippen LogP contribution in [0.3, 0.4) is 0 Å². The number of aliphatic hydroxyl groups is 5. The number of hydrogen-bond donors (Lipinski definition) is 5. The molecule has 2 fully saturated rings. The molecule has 5 atom stereocenters. The van der Waals surface area contributed by atoms with E-state index in [2.05, 4.69) is 0 Å². The van der Waals surface area contributed by atoms with Gasteiger partial charge in [0.05, 0.1) is 12.2 Å². The summed E-state index contributed by atoms with van der Waals surface area (Å²) >= 11 is 6.43. The second-order valence-electron chi connectivity index (χ2n) is 9.07. The Bertz CT molecular complexity index is 909. The van der Waals surface area contributed by atoms with Gasteiger partial charge in [0.2, 0.25) is 0 Å². The van der Waals surface area contributed by atoms with Crippen molar-refractivity contribution in [3.63, 3.8) is 0 Å². The van der Waals surface area contributed by atoms with E-state index in [0.717, 1.165) is 42.4 Å². The van der Waals surface area contributed by atoms with Crippen molar-refractivity contribution in [1.82, 2.24) is 0 Å². The lowest BCUT2D eigenvalue weighted by atomic mass is 9.79. The van der Waals surface area contributed by atoms with Crippen LogP contribution in [0.5, 0.6) is 0 Å². The van der Waals surface area contributed by atoms with Crippen LogP contribution >= 0.6 is 11.6 Å². The van der Waals surface area contributed by atoms with Gasteiger partial charge in [-0.2, -0.15) is 0 Å². The van der Waals surface area contributed by atoms with Crippen molar-refractivity contribution in [3.8, 4) is 0 Å². The maximum atomic E-state index is 10.9. The predicted molar refractivity (Wildman–Crippen MR) is 120 cm³/mol. The summed E-state index contributed by atoms with van der Waals surface area (Å²) in [6.07, 6.45) is -0.640. The minimum atomic E-state index is -1.43. The Balaban J connectivity index is 1.53. The molecule has 6 nitrogen and oxygen atoms in total. The van der Waals surface area contributed by atoms with Gasteiger partial charge < -0.3 is 30.3 Å². The Morgan fingerprint density at radius 2 is 1.59 bits per heavy atom. The molecule has 5 N–H and O–H groups in total. The normalized spacial score (nSPS) is 30.2. The number of rotatable bonds is 5. The lowest BCUT2D eigenvalue weighted by Crippen LogP contribution is -2.55. The molecule has 32 heavy (non-hydrogen) atoms. The third kappa shape index (κ3) is 4.73. The van der Waals surface area contributed by atoms with Crippen LogP contribution in [0.1, 0.15) is 60.5 Å². The van der Waals surface area contributed by atoms with E-state index in [9.17, 15) is 25.5 Å². The van der Waals surface area contributed by atoms with Crippen molar-refractivity contribution in [3.05, 3.63) is 69.7 Å². The zero-order valence-corrected chi connectivity index (χ0v) is 18.7. The number of benzene rings is 2. The van der Waals surface area contributed by atoms with Crippen LogP contribution in [-0.4, -0.2) is 56.6 Å². The maximum absolute atomic E-state index is 10.9. The number of hydrogen-bond acceptors (Lipinski definition) is 6. The van der Waals surface area contributed by atoms with Gasteiger partial charge in [0.25, 0.3) is 0 Å². The average Bonchev–Trinajstić information content (AvgIpc) is 2.80. The summed E-state index contributed by atoms with van der Waals surface area (Å²) in [5.41, 5.74) is 2.67. The van der Waals surface area contributed by atoms with Gasteiger partial charge in [-0.1, -0.05) is 67.3 Å². The summed E-state index contributed by atoms with van der Waals surface area (Å²) in [4.78, 5) is 0. The lowest BCUT2D eigenvalue weighted by molar-refractivity contribution is -0.231. The third-order valence-corrected chi connectivity index (χ3v) is 7.23. The lowest BCUT2D eigenvalue weighted by Gasteiger charge is -2.40. The van der Waals surface area contributed by atoms with Gasteiger partial charge in [-0.05, 0) is 47.6 Å². The van der Waals surface area contributed by atoms with Crippen LogP contribution in [-0.2, 0) is 16.8 Å². The van der Waals surface area contributed by atoms with Gasteiger partial charge >= 0.3 is 0 Å². The Labute approximate surface area is 193 Å². The van der Waals surface area contributed by atoms with Gasteiger partial charge in [-0.3, -0.25) is 0 Å². The molecule has 0 radical (unpaired) electrons. The van der Waals surface area contributed by atoms with Gasteiger partial charge in [0.1, 0.15) is 30.5 Å². The first-order valence-corrected chi connectivity index (χ1v) is 11.6. The van der Waals surface area contributed by atoms with E-state index < -0.39 is 42.7 Å². The Hall–Kier alpha value is -1.51. The summed E-state index contributed by atoms with van der Waals surface area (Å²) in [6, 6.07) is 13.2. The van der Waals surface area contributed by atoms with Crippen molar-refractivity contribution < 1.29 is 30.3 Å². The van der Waals surface area contributed by atoms with Crippen molar-refractivity contribution in [2.75, 3.05) is 6.61 Å². The Morgan fingerprint density at radius 3 is 2.25 bits per heavy atom. The molecule has 1 saturated carbocycles. The fourth-order valence-corrected chi connectivity index (χ4v) is 5.05. The molecule has 0 bridgehead atoms. The molecular weight excluding hydrogens is 432 g/mol. The predicted octanol–water partition coefficient (Wildman–Crippen LogP) is 2.60. The first-order chi connectivity index (χ1) is 15.3. The van der Waals surface area contributed by atoms with Crippen molar-refractivity contribution in [1.29, 1.82) is 0 Å². The largest absolute Gasteiger partial charge is 0.394 e. The molecule has 2 aliphatic rings. The molecule has 1 aliphatic carbocycles. The van der Waals surface area contributed by atoms with Gasteiger partial charge in [-0.15, -0.1) is 0 Å². The molecule has 1 heterocycles. The van der Waals surface area contributed by atoms with Crippen LogP contribution in [0.4, 0.5) is 0 Å². The molecule has 2 aromatic rings. The van der Waals surface area contributed by atoms with Crippen LogP contribution in [0, 0.1) is 0 Å². The van der Waals surface area contributed by atoms with Crippen LogP contribution < -0.4 is 0 Å². The van der Waals surface area contributed by atoms with Crippen LogP contribution in [0.2, 0.25) is 5.02 Å². The van der Waals surface area contributed by atoms with E-state index >= 15 is 0 Å². The second kappa shape index (κ2) is 9.77. The molecule has 1 aliphatic heterocycles. The van der Waals surface area contributed by atoms with E-state index in [-0.39, 0.29) is 0 Å². The SMILES string of the molecule is OC[C@H]1O[C@@H](c2ccc(Cl)c(Cc3ccc(C4(O)CCCCC4)cc3)c2)[C@H](O)[C@@H](O)[C@@H]1O. The highest BCUT2D eigenvalue weighted by atomic mass is 35.5. The minimum Gasteiger partial charge on any atom is -0.394 e. The topological polar surface area (TPSA) is 110 Å². The fraction of sp³-hybridized carbons (Fsp3) is 0.520. The summed E-state index contributed by atoms with van der Waals surface area (Å²) in [5.74, 6) is 0. The maximum Gasteiger partial charge on any atom is 0.113 e. The second-order valence-corrected chi connectivity index (χ2v) is 9.47. The fourth-order valence-electron chi connectivity index (χ4n) is 4.86. The summed E-state index contributed by atoms with van der Waals surface area (Å²) in [7, 11) is 0. The Kier molecular flexibility index (Phi) is 7.22. The zero-order chi connectivity index (χ0) is 22.9. The van der Waals surface area contributed by atoms with E-state index in [0.29, 0.717) is 17.0 Å². The first kappa shape index (κ1) is 23.6.